The molecule has 6 nitrogen and oxygen atoms in total. The molecule has 4 aromatic rings. The highest BCUT2D eigenvalue weighted by Crippen LogP contribution is 2.44. The maximum Gasteiger partial charge on any atom is 0.418 e. The number of rotatable bonds is 8. The number of benzene rings is 2. The molecule has 0 saturated heterocycles. The summed E-state index contributed by atoms with van der Waals surface area (Å²) in [6.45, 7) is 2.10. The zero-order valence-electron chi connectivity index (χ0n) is 20.3. The van der Waals surface area contributed by atoms with Crippen LogP contribution in [0.4, 0.5) is 27.6 Å². The highest BCUT2D eigenvalue weighted by molar-refractivity contribution is 5.92. The average molecular weight is 521 g/mol. The fraction of sp³-hybridized carbons (Fsp3) is 0.308. The van der Waals surface area contributed by atoms with Crippen molar-refractivity contribution in [3.05, 3.63) is 78.3 Å². The minimum Gasteiger partial charge on any atom is -0.496 e. The van der Waals surface area contributed by atoms with Crippen LogP contribution in [0.25, 0.3) is 16.6 Å². The summed E-state index contributed by atoms with van der Waals surface area (Å²) in [5.41, 5.74) is -2.97. The van der Waals surface area contributed by atoms with E-state index in [0.29, 0.717) is 22.3 Å². The van der Waals surface area contributed by atoms with Gasteiger partial charge in [0.05, 0.1) is 37.3 Å². The van der Waals surface area contributed by atoms with Crippen molar-refractivity contribution in [3.8, 4) is 11.4 Å². The number of halogens is 5. The fourth-order valence-corrected chi connectivity index (χ4v) is 4.44. The van der Waals surface area contributed by atoms with Crippen LogP contribution < -0.4 is 10.1 Å². The van der Waals surface area contributed by atoms with Gasteiger partial charge in [0, 0.05) is 16.6 Å². The lowest BCUT2D eigenvalue weighted by atomic mass is 9.74. The number of ether oxygens (including phenoxy) is 1. The molecule has 0 bridgehead atoms. The van der Waals surface area contributed by atoms with E-state index in [9.17, 15) is 27.1 Å². The summed E-state index contributed by atoms with van der Waals surface area (Å²) in [5, 5.41) is 18.4. The number of hydrogen-bond donors (Lipinski definition) is 2. The Balaban J connectivity index is 1.64. The SMILES string of the molecule is COc1ccc(F)cc1C(C)(C)CC(O)(CNc1cccc2c1cnn2-c1ccc(F)nc1)C(F)(F)F. The molecule has 4 rings (SSSR count). The quantitative estimate of drug-likeness (QED) is 0.228. The number of aromatic nitrogens is 3. The molecule has 196 valence electrons. The van der Waals surface area contributed by atoms with Gasteiger partial charge in [-0.25, -0.2) is 14.1 Å². The molecular weight excluding hydrogens is 495 g/mol. The summed E-state index contributed by atoms with van der Waals surface area (Å²) in [7, 11) is 1.34. The Labute approximate surface area is 209 Å². The van der Waals surface area contributed by atoms with Gasteiger partial charge in [-0.1, -0.05) is 19.9 Å². The van der Waals surface area contributed by atoms with Gasteiger partial charge in [-0.2, -0.15) is 22.7 Å². The van der Waals surface area contributed by atoms with Crippen LogP contribution in [0, 0.1) is 11.8 Å². The van der Waals surface area contributed by atoms with E-state index >= 15 is 0 Å². The van der Waals surface area contributed by atoms with Gasteiger partial charge in [-0.15, -0.1) is 0 Å². The molecule has 11 heteroatoms. The van der Waals surface area contributed by atoms with Gasteiger partial charge >= 0.3 is 6.18 Å². The molecule has 2 aromatic carbocycles. The molecule has 2 aromatic heterocycles. The zero-order chi connectivity index (χ0) is 27.0. The first-order valence-electron chi connectivity index (χ1n) is 11.3. The predicted octanol–water partition coefficient (Wildman–Crippen LogP) is 5.78. The Kier molecular flexibility index (Phi) is 6.85. The average Bonchev–Trinajstić information content (AvgIpc) is 3.27. The number of pyridine rings is 1. The second-order valence-electron chi connectivity index (χ2n) is 9.42. The minimum atomic E-state index is -5.00. The molecule has 0 saturated carbocycles. The number of methoxy groups -OCH3 is 1. The zero-order valence-corrected chi connectivity index (χ0v) is 20.3. The third kappa shape index (κ3) is 5.22. The molecule has 2 N–H and O–H groups in total. The first-order valence-corrected chi connectivity index (χ1v) is 11.3. The van der Waals surface area contributed by atoms with Crippen molar-refractivity contribution in [2.24, 2.45) is 0 Å². The van der Waals surface area contributed by atoms with Gasteiger partial charge < -0.3 is 15.2 Å². The minimum absolute atomic E-state index is 0.203. The summed E-state index contributed by atoms with van der Waals surface area (Å²) in [4.78, 5) is 3.60. The smallest absolute Gasteiger partial charge is 0.418 e. The first kappa shape index (κ1) is 26.3. The Bertz CT molecular complexity index is 1400. The van der Waals surface area contributed by atoms with Crippen molar-refractivity contribution in [2.75, 3.05) is 19.0 Å². The molecule has 0 amide bonds. The second kappa shape index (κ2) is 9.62. The number of nitrogens with one attached hydrogen (secondary N) is 1. The number of fused-ring (bicyclic) bond motifs is 1. The third-order valence-electron chi connectivity index (χ3n) is 6.29. The number of alkyl halides is 3. The largest absolute Gasteiger partial charge is 0.496 e. The third-order valence-corrected chi connectivity index (χ3v) is 6.29. The van der Waals surface area contributed by atoms with Gasteiger partial charge in [-0.05, 0) is 54.3 Å². The predicted molar refractivity (Wildman–Crippen MR) is 129 cm³/mol. The normalized spacial score (nSPS) is 14.0. The number of hydrogen-bond acceptors (Lipinski definition) is 5. The van der Waals surface area contributed by atoms with E-state index in [2.05, 4.69) is 15.4 Å². The van der Waals surface area contributed by atoms with E-state index in [-0.39, 0.29) is 11.3 Å². The lowest BCUT2D eigenvalue weighted by Crippen LogP contribution is -2.53. The molecule has 0 spiro atoms. The molecular formula is C26H25F5N4O2. The maximum atomic E-state index is 14.2. The van der Waals surface area contributed by atoms with Crippen molar-refractivity contribution in [3.63, 3.8) is 0 Å². The topological polar surface area (TPSA) is 72.2 Å². The molecule has 2 heterocycles. The molecule has 0 aliphatic heterocycles. The van der Waals surface area contributed by atoms with Gasteiger partial charge in [-0.3, -0.25) is 0 Å². The van der Waals surface area contributed by atoms with Crippen LogP contribution in [0.3, 0.4) is 0 Å². The van der Waals surface area contributed by atoms with E-state index in [4.69, 9.17) is 4.74 Å². The number of nitrogens with zero attached hydrogens (tertiary/aromatic N) is 3. The first-order chi connectivity index (χ1) is 17.3. The Morgan fingerprint density at radius 2 is 1.78 bits per heavy atom. The van der Waals surface area contributed by atoms with Crippen molar-refractivity contribution >= 4 is 16.6 Å². The Morgan fingerprint density at radius 3 is 2.43 bits per heavy atom. The molecule has 0 aliphatic carbocycles. The van der Waals surface area contributed by atoms with Crippen molar-refractivity contribution in [1.82, 2.24) is 14.8 Å². The van der Waals surface area contributed by atoms with E-state index in [1.807, 2.05) is 0 Å². The lowest BCUT2D eigenvalue weighted by Gasteiger charge is -2.38. The van der Waals surface area contributed by atoms with Crippen LogP contribution in [0.15, 0.2) is 60.9 Å². The van der Waals surface area contributed by atoms with Crippen molar-refractivity contribution in [1.29, 1.82) is 0 Å². The molecule has 1 atom stereocenters. The van der Waals surface area contributed by atoms with Crippen LogP contribution in [0.5, 0.6) is 5.75 Å². The summed E-state index contributed by atoms with van der Waals surface area (Å²) < 4.78 is 76.6. The molecule has 1 unspecified atom stereocenters. The maximum absolute atomic E-state index is 14.2. The number of anilines is 1. The lowest BCUT2D eigenvalue weighted by molar-refractivity contribution is -0.260. The molecule has 0 radical (unpaired) electrons. The number of aliphatic hydroxyl groups is 1. The van der Waals surface area contributed by atoms with E-state index in [0.717, 1.165) is 12.1 Å². The Hall–Kier alpha value is -3.73. The molecule has 0 aliphatic rings. The van der Waals surface area contributed by atoms with E-state index in [1.165, 1.54) is 56.2 Å². The second-order valence-corrected chi connectivity index (χ2v) is 9.42. The summed E-state index contributed by atoms with van der Waals surface area (Å²) >= 11 is 0. The van der Waals surface area contributed by atoms with Gasteiger partial charge in [0.1, 0.15) is 11.6 Å². The highest BCUT2D eigenvalue weighted by atomic mass is 19.4. The standard InChI is InChI=1S/C26H25F5N4O2/c1-24(2,19-11-16(27)7-9-22(19)37-3)14-25(36,26(29,30)31)15-33-20-5-4-6-21-18(20)13-34-35(21)17-8-10-23(28)32-12-17/h4-13,33,36H,14-15H2,1-3H3. The van der Waals surface area contributed by atoms with Gasteiger partial charge in [0.15, 0.2) is 5.60 Å². The van der Waals surface area contributed by atoms with Crippen LogP contribution in [0.2, 0.25) is 0 Å². The Morgan fingerprint density at radius 1 is 1.03 bits per heavy atom. The van der Waals surface area contributed by atoms with E-state index in [1.54, 1.807) is 18.2 Å². The van der Waals surface area contributed by atoms with Crippen molar-refractivity contribution < 1.29 is 31.8 Å². The fourth-order valence-electron chi connectivity index (χ4n) is 4.44. The van der Waals surface area contributed by atoms with Crippen molar-refractivity contribution in [2.45, 2.75) is 37.5 Å². The highest BCUT2D eigenvalue weighted by Gasteiger charge is 2.56. The summed E-state index contributed by atoms with van der Waals surface area (Å²) in [6, 6.07) is 11.1. The summed E-state index contributed by atoms with van der Waals surface area (Å²) in [5.74, 6) is -1.07. The monoisotopic (exact) mass is 520 g/mol. The van der Waals surface area contributed by atoms with Gasteiger partial charge in [0.2, 0.25) is 5.95 Å². The van der Waals surface area contributed by atoms with Crippen LogP contribution in [-0.4, -0.2) is 45.3 Å². The van der Waals surface area contributed by atoms with Crippen LogP contribution >= 0.6 is 0 Å². The summed E-state index contributed by atoms with van der Waals surface area (Å²) in [6.07, 6.45) is -3.04. The van der Waals surface area contributed by atoms with Crippen LogP contribution in [0.1, 0.15) is 25.8 Å². The molecule has 0 fully saturated rings. The van der Waals surface area contributed by atoms with E-state index < -0.39 is 41.9 Å². The van der Waals surface area contributed by atoms with Crippen LogP contribution in [-0.2, 0) is 5.41 Å². The van der Waals surface area contributed by atoms with Gasteiger partial charge in [0.25, 0.3) is 0 Å². The molecule has 37 heavy (non-hydrogen) atoms.